The number of nitrogens with two attached hydrogens (primary N) is 1. The molecular formula is C15H15N5O. The highest BCUT2D eigenvalue weighted by atomic mass is 16.2. The van der Waals surface area contributed by atoms with Crippen molar-refractivity contribution in [3.05, 3.63) is 48.3 Å². The maximum absolute atomic E-state index is 12.1. The number of pyridine rings is 1. The summed E-state index contributed by atoms with van der Waals surface area (Å²) in [5.74, 6) is 0.221. The first-order valence-corrected chi connectivity index (χ1v) is 6.57. The standard InChI is InChI=1S/C15H15N5O/c1-10-5-6-11-3-2-4-12(15(11)17-10)18-14(21)9-20-8-7-13(16)19-20/h2-8H,9H2,1H3,(H2,16,19)(H,18,21). The molecule has 0 atom stereocenters. The number of carbonyl (C=O) groups is 1. The minimum atomic E-state index is -0.172. The molecule has 0 spiro atoms. The van der Waals surface area contributed by atoms with E-state index in [1.807, 2.05) is 37.3 Å². The normalized spacial score (nSPS) is 10.7. The van der Waals surface area contributed by atoms with Crippen molar-refractivity contribution in [2.45, 2.75) is 13.5 Å². The molecule has 0 fully saturated rings. The van der Waals surface area contributed by atoms with Crippen molar-refractivity contribution in [3.8, 4) is 0 Å². The number of amides is 1. The quantitative estimate of drug-likeness (QED) is 0.768. The first-order chi connectivity index (χ1) is 10.1. The summed E-state index contributed by atoms with van der Waals surface area (Å²) in [6.45, 7) is 2.03. The van der Waals surface area contributed by atoms with Crippen LogP contribution in [0.15, 0.2) is 42.6 Å². The number of aromatic nitrogens is 3. The molecule has 6 nitrogen and oxygen atoms in total. The largest absolute Gasteiger partial charge is 0.382 e. The number of fused-ring (bicyclic) bond motifs is 1. The molecule has 21 heavy (non-hydrogen) atoms. The zero-order valence-corrected chi connectivity index (χ0v) is 11.6. The summed E-state index contributed by atoms with van der Waals surface area (Å²) in [7, 11) is 0. The van der Waals surface area contributed by atoms with Crippen LogP contribution in [0.3, 0.4) is 0 Å². The molecule has 2 aromatic heterocycles. The van der Waals surface area contributed by atoms with Crippen molar-refractivity contribution in [1.82, 2.24) is 14.8 Å². The second-order valence-corrected chi connectivity index (χ2v) is 4.82. The Kier molecular flexibility index (Phi) is 3.27. The van der Waals surface area contributed by atoms with Gasteiger partial charge in [-0.2, -0.15) is 5.10 Å². The second-order valence-electron chi connectivity index (χ2n) is 4.82. The van der Waals surface area contributed by atoms with Gasteiger partial charge in [0.25, 0.3) is 0 Å². The molecule has 3 N–H and O–H groups in total. The SMILES string of the molecule is Cc1ccc2cccc(NC(=O)Cn3ccc(N)n3)c2n1. The van der Waals surface area contributed by atoms with Gasteiger partial charge in [0.1, 0.15) is 12.4 Å². The third-order valence-corrected chi connectivity index (χ3v) is 3.10. The molecule has 0 saturated heterocycles. The van der Waals surface area contributed by atoms with Gasteiger partial charge in [-0.25, -0.2) is 0 Å². The lowest BCUT2D eigenvalue weighted by atomic mass is 10.1. The van der Waals surface area contributed by atoms with Gasteiger partial charge in [-0.05, 0) is 25.1 Å². The Morgan fingerprint density at radius 2 is 2.14 bits per heavy atom. The van der Waals surface area contributed by atoms with Crippen LogP contribution in [-0.4, -0.2) is 20.7 Å². The molecule has 1 amide bonds. The summed E-state index contributed by atoms with van der Waals surface area (Å²) >= 11 is 0. The first kappa shape index (κ1) is 13.1. The molecule has 0 aliphatic carbocycles. The highest BCUT2D eigenvalue weighted by molar-refractivity contribution is 6.00. The van der Waals surface area contributed by atoms with Crippen LogP contribution in [0, 0.1) is 6.92 Å². The molecule has 3 aromatic rings. The predicted octanol–water partition coefficient (Wildman–Crippen LogP) is 1.96. The molecule has 0 saturated carbocycles. The lowest BCUT2D eigenvalue weighted by Crippen LogP contribution is -2.19. The molecule has 0 aliphatic rings. The first-order valence-electron chi connectivity index (χ1n) is 6.57. The molecular weight excluding hydrogens is 266 g/mol. The number of hydrogen-bond acceptors (Lipinski definition) is 4. The van der Waals surface area contributed by atoms with Gasteiger partial charge in [-0.3, -0.25) is 14.5 Å². The van der Waals surface area contributed by atoms with Crippen LogP contribution in [0.5, 0.6) is 0 Å². The van der Waals surface area contributed by atoms with Crippen molar-refractivity contribution in [3.63, 3.8) is 0 Å². The molecule has 3 rings (SSSR count). The smallest absolute Gasteiger partial charge is 0.246 e. The topological polar surface area (TPSA) is 85.8 Å². The molecule has 1 aromatic carbocycles. The van der Waals surface area contributed by atoms with Crippen molar-refractivity contribution in [2.24, 2.45) is 0 Å². The van der Waals surface area contributed by atoms with Gasteiger partial charge in [-0.15, -0.1) is 0 Å². The number of nitrogens with zero attached hydrogens (tertiary/aromatic N) is 3. The highest BCUT2D eigenvalue weighted by Crippen LogP contribution is 2.21. The van der Waals surface area contributed by atoms with Gasteiger partial charge in [-0.1, -0.05) is 18.2 Å². The van der Waals surface area contributed by atoms with E-state index < -0.39 is 0 Å². The van der Waals surface area contributed by atoms with Gasteiger partial charge in [0.05, 0.1) is 11.2 Å². The average molecular weight is 281 g/mol. The van der Waals surface area contributed by atoms with Gasteiger partial charge in [0.15, 0.2) is 0 Å². The summed E-state index contributed by atoms with van der Waals surface area (Å²) in [5.41, 5.74) is 7.91. The number of nitrogens with one attached hydrogen (secondary N) is 1. The van der Waals surface area contributed by atoms with Gasteiger partial charge < -0.3 is 11.1 Å². The molecule has 0 aliphatic heterocycles. The van der Waals surface area contributed by atoms with E-state index in [1.165, 1.54) is 4.68 Å². The van der Waals surface area contributed by atoms with E-state index in [9.17, 15) is 4.79 Å². The Hall–Kier alpha value is -2.89. The zero-order valence-electron chi connectivity index (χ0n) is 11.6. The van der Waals surface area contributed by atoms with Crippen LogP contribution in [0.25, 0.3) is 10.9 Å². The van der Waals surface area contributed by atoms with Crippen LogP contribution < -0.4 is 11.1 Å². The molecule has 6 heteroatoms. The van der Waals surface area contributed by atoms with Crippen molar-refractivity contribution < 1.29 is 4.79 Å². The summed E-state index contributed by atoms with van der Waals surface area (Å²) in [6.07, 6.45) is 1.67. The zero-order chi connectivity index (χ0) is 14.8. The number of benzene rings is 1. The fourth-order valence-electron chi connectivity index (χ4n) is 2.15. The van der Waals surface area contributed by atoms with E-state index in [2.05, 4.69) is 15.4 Å². The maximum atomic E-state index is 12.1. The van der Waals surface area contributed by atoms with Crippen LogP contribution in [0.2, 0.25) is 0 Å². The Bertz CT molecular complexity index is 809. The van der Waals surface area contributed by atoms with Gasteiger partial charge >= 0.3 is 0 Å². The molecule has 0 radical (unpaired) electrons. The average Bonchev–Trinajstić information content (AvgIpc) is 2.84. The van der Waals surface area contributed by atoms with Crippen LogP contribution >= 0.6 is 0 Å². The van der Waals surface area contributed by atoms with Crippen molar-refractivity contribution in [2.75, 3.05) is 11.1 Å². The minimum absolute atomic E-state index is 0.111. The van der Waals surface area contributed by atoms with Gasteiger partial charge in [0.2, 0.25) is 5.91 Å². The predicted molar refractivity (Wildman–Crippen MR) is 81.7 cm³/mol. The Labute approximate surface area is 121 Å². The number of rotatable bonds is 3. The number of carbonyl (C=O) groups excluding carboxylic acids is 1. The molecule has 2 heterocycles. The van der Waals surface area contributed by atoms with E-state index in [1.54, 1.807) is 12.3 Å². The fourth-order valence-corrected chi connectivity index (χ4v) is 2.15. The van der Waals surface area contributed by atoms with Crippen molar-refractivity contribution >= 4 is 28.3 Å². The third-order valence-electron chi connectivity index (χ3n) is 3.10. The number of aryl methyl sites for hydroxylation is 1. The Morgan fingerprint density at radius 3 is 2.90 bits per heavy atom. The maximum Gasteiger partial charge on any atom is 0.246 e. The summed E-state index contributed by atoms with van der Waals surface area (Å²) in [5, 5.41) is 7.84. The van der Waals surface area contributed by atoms with E-state index in [0.29, 0.717) is 11.5 Å². The molecule has 0 unspecified atom stereocenters. The van der Waals surface area contributed by atoms with Crippen LogP contribution in [0.4, 0.5) is 11.5 Å². The van der Waals surface area contributed by atoms with E-state index in [-0.39, 0.29) is 12.5 Å². The Morgan fingerprint density at radius 1 is 1.29 bits per heavy atom. The van der Waals surface area contributed by atoms with Crippen LogP contribution in [-0.2, 0) is 11.3 Å². The lowest BCUT2D eigenvalue weighted by Gasteiger charge is -2.08. The van der Waals surface area contributed by atoms with E-state index in [0.717, 1.165) is 16.6 Å². The molecule has 0 bridgehead atoms. The van der Waals surface area contributed by atoms with Crippen LogP contribution in [0.1, 0.15) is 5.69 Å². The minimum Gasteiger partial charge on any atom is -0.382 e. The Balaban J connectivity index is 1.84. The summed E-state index contributed by atoms with van der Waals surface area (Å²) < 4.78 is 1.49. The third kappa shape index (κ3) is 2.84. The summed E-state index contributed by atoms with van der Waals surface area (Å²) in [6, 6.07) is 11.3. The lowest BCUT2D eigenvalue weighted by molar-refractivity contribution is -0.116. The number of anilines is 2. The summed E-state index contributed by atoms with van der Waals surface area (Å²) in [4.78, 5) is 16.6. The monoisotopic (exact) mass is 281 g/mol. The van der Waals surface area contributed by atoms with Crippen molar-refractivity contribution in [1.29, 1.82) is 0 Å². The van der Waals surface area contributed by atoms with Gasteiger partial charge in [0, 0.05) is 17.3 Å². The number of para-hydroxylation sites is 1. The molecule has 106 valence electrons. The van der Waals surface area contributed by atoms with E-state index in [4.69, 9.17) is 5.73 Å². The highest BCUT2D eigenvalue weighted by Gasteiger charge is 2.08. The van der Waals surface area contributed by atoms with E-state index >= 15 is 0 Å². The number of hydrogen-bond donors (Lipinski definition) is 2. The number of nitrogen functional groups attached to an aromatic ring is 1. The fraction of sp³-hybridized carbons (Fsp3) is 0.133. The second kappa shape index (κ2) is 5.24.